The largest absolute Gasteiger partial charge is 0.495 e. The van der Waals surface area contributed by atoms with Gasteiger partial charge in [-0.15, -0.1) is 0 Å². The molecule has 2 N–H and O–H groups in total. The van der Waals surface area contributed by atoms with Gasteiger partial charge in [-0.3, -0.25) is 4.79 Å². The van der Waals surface area contributed by atoms with Gasteiger partial charge in [-0.25, -0.2) is 8.42 Å². The maximum absolute atomic E-state index is 13.1. The Kier molecular flexibility index (Phi) is 7.92. The summed E-state index contributed by atoms with van der Waals surface area (Å²) >= 11 is 0. The Labute approximate surface area is 184 Å². The molecule has 1 fully saturated rings. The highest BCUT2D eigenvalue weighted by Gasteiger charge is 2.26. The van der Waals surface area contributed by atoms with E-state index in [2.05, 4.69) is 17.6 Å². The minimum absolute atomic E-state index is 0.0148. The van der Waals surface area contributed by atoms with Crippen molar-refractivity contribution in [2.24, 2.45) is 0 Å². The highest BCUT2D eigenvalue weighted by atomic mass is 32.2. The van der Waals surface area contributed by atoms with E-state index >= 15 is 0 Å². The number of carbonyl (C=O) groups excluding carboxylic acids is 1. The van der Waals surface area contributed by atoms with Crippen LogP contribution in [-0.4, -0.2) is 45.4 Å². The van der Waals surface area contributed by atoms with Crippen molar-refractivity contribution >= 4 is 27.3 Å². The number of nitrogens with zero attached hydrogens (tertiary/aromatic N) is 1. The summed E-state index contributed by atoms with van der Waals surface area (Å²) in [4.78, 5) is 12.6. The summed E-state index contributed by atoms with van der Waals surface area (Å²) < 4.78 is 33.1. The monoisotopic (exact) mass is 445 g/mol. The molecule has 168 valence electrons. The number of hydrogen-bond donors (Lipinski definition) is 2. The van der Waals surface area contributed by atoms with Crippen LogP contribution in [0.5, 0.6) is 5.75 Å². The zero-order chi connectivity index (χ0) is 22.3. The lowest BCUT2D eigenvalue weighted by molar-refractivity contribution is -0.114. The second kappa shape index (κ2) is 10.6. The fourth-order valence-corrected chi connectivity index (χ4v) is 5.17. The van der Waals surface area contributed by atoms with E-state index in [1.54, 1.807) is 22.5 Å². The number of amides is 1. The van der Waals surface area contributed by atoms with Gasteiger partial charge in [-0.2, -0.15) is 4.31 Å². The Morgan fingerprint density at radius 1 is 1.03 bits per heavy atom. The van der Waals surface area contributed by atoms with E-state index in [0.717, 1.165) is 32.1 Å². The van der Waals surface area contributed by atoms with Crippen LogP contribution in [0, 0.1) is 0 Å². The molecule has 0 bridgehead atoms. The normalized spacial score (nSPS) is 15.2. The first-order chi connectivity index (χ1) is 14.9. The number of ether oxygens (including phenoxy) is 1. The van der Waals surface area contributed by atoms with Gasteiger partial charge < -0.3 is 15.4 Å². The van der Waals surface area contributed by atoms with Crippen LogP contribution in [-0.2, 0) is 21.2 Å². The SMILES string of the molecule is CCc1ccc(NC(=O)CNc2cc(S(=O)(=O)N3CCCCCC3)ccc2OC)cc1. The van der Waals surface area contributed by atoms with Gasteiger partial charge in [0.15, 0.2) is 0 Å². The van der Waals surface area contributed by atoms with Crippen LogP contribution in [0.1, 0.15) is 38.2 Å². The van der Waals surface area contributed by atoms with Crippen molar-refractivity contribution in [3.63, 3.8) is 0 Å². The highest BCUT2D eigenvalue weighted by molar-refractivity contribution is 7.89. The minimum Gasteiger partial charge on any atom is -0.495 e. The van der Waals surface area contributed by atoms with Gasteiger partial charge in [0.25, 0.3) is 0 Å². The van der Waals surface area contributed by atoms with Crippen molar-refractivity contribution in [2.75, 3.05) is 37.4 Å². The van der Waals surface area contributed by atoms with Crippen molar-refractivity contribution in [1.29, 1.82) is 0 Å². The first-order valence-electron chi connectivity index (χ1n) is 10.7. The second-order valence-corrected chi connectivity index (χ2v) is 9.57. The zero-order valence-electron chi connectivity index (χ0n) is 18.2. The van der Waals surface area contributed by atoms with Gasteiger partial charge in [-0.1, -0.05) is 31.9 Å². The lowest BCUT2D eigenvalue weighted by Crippen LogP contribution is -2.32. The van der Waals surface area contributed by atoms with E-state index in [1.807, 2.05) is 24.3 Å². The predicted molar refractivity (Wildman–Crippen MR) is 123 cm³/mol. The third-order valence-corrected chi connectivity index (χ3v) is 7.35. The van der Waals surface area contributed by atoms with Crippen LogP contribution >= 0.6 is 0 Å². The van der Waals surface area contributed by atoms with Crippen molar-refractivity contribution in [3.8, 4) is 5.75 Å². The van der Waals surface area contributed by atoms with E-state index in [0.29, 0.717) is 30.2 Å². The number of rotatable bonds is 8. The number of methoxy groups -OCH3 is 1. The summed E-state index contributed by atoms with van der Waals surface area (Å²) in [6.45, 7) is 3.14. The van der Waals surface area contributed by atoms with Crippen LogP contribution < -0.4 is 15.4 Å². The molecule has 1 heterocycles. The average Bonchev–Trinajstić information content (AvgIpc) is 3.08. The van der Waals surface area contributed by atoms with Crippen molar-refractivity contribution < 1.29 is 17.9 Å². The van der Waals surface area contributed by atoms with Crippen molar-refractivity contribution in [1.82, 2.24) is 4.31 Å². The van der Waals surface area contributed by atoms with Crippen LogP contribution in [0.25, 0.3) is 0 Å². The number of anilines is 2. The topological polar surface area (TPSA) is 87.7 Å². The first kappa shape index (κ1) is 23.1. The maximum atomic E-state index is 13.1. The number of carbonyl (C=O) groups is 1. The Hall–Kier alpha value is -2.58. The minimum atomic E-state index is -3.59. The molecule has 1 aliphatic heterocycles. The fourth-order valence-electron chi connectivity index (χ4n) is 3.62. The summed E-state index contributed by atoms with van der Waals surface area (Å²) in [5.74, 6) is 0.252. The number of aryl methyl sites for hydroxylation is 1. The predicted octanol–water partition coefficient (Wildman–Crippen LogP) is 3.87. The molecule has 2 aromatic carbocycles. The maximum Gasteiger partial charge on any atom is 0.243 e. The summed E-state index contributed by atoms with van der Waals surface area (Å²) in [6, 6.07) is 12.4. The Balaban J connectivity index is 1.70. The van der Waals surface area contributed by atoms with Crippen molar-refractivity contribution in [3.05, 3.63) is 48.0 Å². The molecule has 0 aromatic heterocycles. The number of benzene rings is 2. The highest BCUT2D eigenvalue weighted by Crippen LogP contribution is 2.29. The molecule has 31 heavy (non-hydrogen) atoms. The van der Waals surface area contributed by atoms with E-state index in [4.69, 9.17) is 4.74 Å². The number of nitrogens with one attached hydrogen (secondary N) is 2. The molecule has 0 atom stereocenters. The molecule has 3 rings (SSSR count). The molecular formula is C23H31N3O4S. The molecule has 2 aromatic rings. The third kappa shape index (κ3) is 5.98. The van der Waals surface area contributed by atoms with E-state index in [-0.39, 0.29) is 17.3 Å². The van der Waals surface area contributed by atoms with Crippen LogP contribution in [0.4, 0.5) is 11.4 Å². The average molecular weight is 446 g/mol. The third-order valence-electron chi connectivity index (χ3n) is 5.46. The van der Waals surface area contributed by atoms with Gasteiger partial charge >= 0.3 is 0 Å². The van der Waals surface area contributed by atoms with Gasteiger partial charge in [0.2, 0.25) is 15.9 Å². The molecule has 7 nitrogen and oxygen atoms in total. The summed E-state index contributed by atoms with van der Waals surface area (Å²) in [7, 11) is -2.08. The molecule has 0 radical (unpaired) electrons. The van der Waals surface area contributed by atoms with Crippen LogP contribution in [0.2, 0.25) is 0 Å². The summed E-state index contributed by atoms with van der Waals surface area (Å²) in [6.07, 6.45) is 4.79. The number of sulfonamides is 1. The Morgan fingerprint density at radius 3 is 2.32 bits per heavy atom. The Bertz CT molecular complexity index is 982. The molecule has 1 saturated heterocycles. The lowest BCUT2D eigenvalue weighted by Gasteiger charge is -2.21. The second-order valence-electron chi connectivity index (χ2n) is 7.63. The molecular weight excluding hydrogens is 414 g/mol. The van der Waals surface area contributed by atoms with Crippen LogP contribution in [0.15, 0.2) is 47.4 Å². The molecule has 0 spiro atoms. The van der Waals surface area contributed by atoms with E-state index in [9.17, 15) is 13.2 Å². The fraction of sp³-hybridized carbons (Fsp3) is 0.435. The van der Waals surface area contributed by atoms with Gasteiger partial charge in [0, 0.05) is 18.8 Å². The van der Waals surface area contributed by atoms with Crippen LogP contribution in [0.3, 0.4) is 0 Å². The molecule has 1 aliphatic rings. The molecule has 0 unspecified atom stereocenters. The molecule has 1 amide bonds. The molecule has 0 aliphatic carbocycles. The smallest absolute Gasteiger partial charge is 0.243 e. The van der Waals surface area contributed by atoms with Gasteiger partial charge in [0.05, 0.1) is 24.2 Å². The molecule has 0 saturated carbocycles. The van der Waals surface area contributed by atoms with Crippen molar-refractivity contribution in [2.45, 2.75) is 43.9 Å². The quantitative estimate of drug-likeness (QED) is 0.644. The zero-order valence-corrected chi connectivity index (χ0v) is 19.0. The number of hydrogen-bond acceptors (Lipinski definition) is 5. The first-order valence-corrected chi connectivity index (χ1v) is 12.2. The summed E-state index contributed by atoms with van der Waals surface area (Å²) in [5, 5.41) is 5.85. The van der Waals surface area contributed by atoms with E-state index < -0.39 is 10.0 Å². The van der Waals surface area contributed by atoms with Gasteiger partial charge in [0.1, 0.15) is 5.75 Å². The van der Waals surface area contributed by atoms with Gasteiger partial charge in [-0.05, 0) is 55.2 Å². The molecule has 8 heteroatoms. The summed E-state index contributed by atoms with van der Waals surface area (Å²) in [5.41, 5.74) is 2.38. The lowest BCUT2D eigenvalue weighted by atomic mass is 10.1. The standard InChI is InChI=1S/C23H31N3O4S/c1-3-18-8-10-19(11-9-18)25-23(27)17-24-21-16-20(12-13-22(21)30-2)31(28,29)26-14-6-4-5-7-15-26/h8-13,16,24H,3-7,14-15,17H2,1-2H3,(H,25,27). The van der Waals surface area contributed by atoms with E-state index in [1.165, 1.54) is 12.7 Å². The Morgan fingerprint density at radius 2 is 1.71 bits per heavy atom.